The molecule has 0 amide bonds. The van der Waals surface area contributed by atoms with Gasteiger partial charge in [-0.2, -0.15) is 0 Å². The van der Waals surface area contributed by atoms with Crippen molar-refractivity contribution in [3.8, 4) is 0 Å². The highest BCUT2D eigenvalue weighted by Gasteiger charge is 2.30. The van der Waals surface area contributed by atoms with Crippen molar-refractivity contribution in [2.24, 2.45) is 0 Å². The van der Waals surface area contributed by atoms with Gasteiger partial charge in [0.15, 0.2) is 0 Å². The number of carbonyl (C=O) groups is 1. The highest BCUT2D eigenvalue weighted by Crippen LogP contribution is 2.45. The first-order chi connectivity index (χ1) is 10.8. The minimum absolute atomic E-state index is 0.183. The molecule has 1 aromatic rings. The number of fused-ring (bicyclic) bond motifs is 1. The third-order valence-electron chi connectivity index (χ3n) is 3.53. The second kappa shape index (κ2) is 7.29. The molecule has 0 aromatic heterocycles. The maximum atomic E-state index is 12.1. The third kappa shape index (κ3) is 3.52. The zero-order valence-electron chi connectivity index (χ0n) is 12.6. The first-order valence-corrected chi connectivity index (χ1v) is 9.31. The number of thioether (sulfide) groups is 2. The average Bonchev–Trinajstić information content (AvgIpc) is 2.97. The van der Waals surface area contributed by atoms with Crippen molar-refractivity contribution in [1.29, 1.82) is 0 Å². The van der Waals surface area contributed by atoms with Crippen LogP contribution in [0.2, 0.25) is 0 Å². The van der Waals surface area contributed by atoms with Crippen molar-refractivity contribution in [2.45, 2.75) is 19.8 Å². The summed E-state index contributed by atoms with van der Waals surface area (Å²) in [6, 6.07) is 10.5. The molecule has 2 heterocycles. The molecular formula is C17H19NO2S2. The van der Waals surface area contributed by atoms with E-state index in [4.69, 9.17) is 4.74 Å². The van der Waals surface area contributed by atoms with Crippen LogP contribution in [-0.4, -0.2) is 29.8 Å². The highest BCUT2D eigenvalue weighted by molar-refractivity contribution is 8.09. The van der Waals surface area contributed by atoms with Crippen molar-refractivity contribution >= 4 is 29.5 Å². The van der Waals surface area contributed by atoms with E-state index in [2.05, 4.69) is 35.4 Å². The number of nitrogens with zero attached hydrogens (tertiary/aromatic N) is 1. The largest absolute Gasteiger partial charge is 0.462 e. The molecular weight excluding hydrogens is 314 g/mol. The molecule has 0 atom stereocenters. The van der Waals surface area contributed by atoms with E-state index in [1.807, 2.05) is 13.0 Å². The summed E-state index contributed by atoms with van der Waals surface area (Å²) in [5, 5.41) is 1.05. The zero-order valence-corrected chi connectivity index (χ0v) is 14.2. The van der Waals surface area contributed by atoms with Crippen LogP contribution >= 0.6 is 23.5 Å². The van der Waals surface area contributed by atoms with Gasteiger partial charge in [0, 0.05) is 23.4 Å². The molecule has 2 aliphatic heterocycles. The fourth-order valence-electron chi connectivity index (χ4n) is 2.46. The van der Waals surface area contributed by atoms with Crippen LogP contribution in [0.5, 0.6) is 0 Å². The highest BCUT2D eigenvalue weighted by atomic mass is 32.2. The van der Waals surface area contributed by atoms with Gasteiger partial charge in [0.2, 0.25) is 0 Å². The molecule has 0 fully saturated rings. The molecule has 0 unspecified atom stereocenters. The van der Waals surface area contributed by atoms with Gasteiger partial charge in [-0.25, -0.2) is 4.79 Å². The summed E-state index contributed by atoms with van der Waals surface area (Å²) in [5.41, 5.74) is 1.35. The van der Waals surface area contributed by atoms with E-state index in [-0.39, 0.29) is 5.97 Å². The van der Waals surface area contributed by atoms with Gasteiger partial charge >= 0.3 is 5.97 Å². The Balaban J connectivity index is 1.67. The second-order valence-electron chi connectivity index (χ2n) is 5.08. The second-order valence-corrected chi connectivity index (χ2v) is 7.30. The van der Waals surface area contributed by atoms with Crippen LogP contribution in [0, 0.1) is 0 Å². The molecule has 116 valence electrons. The van der Waals surface area contributed by atoms with E-state index >= 15 is 0 Å². The van der Waals surface area contributed by atoms with Gasteiger partial charge in [-0.1, -0.05) is 42.1 Å². The Morgan fingerprint density at radius 1 is 1.27 bits per heavy atom. The van der Waals surface area contributed by atoms with E-state index < -0.39 is 0 Å². The third-order valence-corrected chi connectivity index (χ3v) is 5.89. The summed E-state index contributed by atoms with van der Waals surface area (Å²) in [4.78, 5) is 16.4. The summed E-state index contributed by atoms with van der Waals surface area (Å²) >= 11 is 3.33. The number of allylic oxidation sites excluding steroid dienone is 1. The van der Waals surface area contributed by atoms with Gasteiger partial charge in [-0.3, -0.25) is 0 Å². The fourth-order valence-corrected chi connectivity index (χ4v) is 4.74. The Kier molecular flexibility index (Phi) is 5.16. The van der Waals surface area contributed by atoms with Crippen LogP contribution in [0.25, 0.3) is 0 Å². The minimum Gasteiger partial charge on any atom is -0.462 e. The molecule has 5 heteroatoms. The topological polar surface area (TPSA) is 29.5 Å². The summed E-state index contributed by atoms with van der Waals surface area (Å²) in [7, 11) is 0. The standard InChI is InChI=1S/C17H19NO2S2/c1-2-20-17(19)15-16-18(10-11-21-15)12-14(22-16)9-8-13-6-4-3-5-7-13/h3-7,12H,2,8-11H2,1H3. The predicted molar refractivity (Wildman–Crippen MR) is 93.3 cm³/mol. The summed E-state index contributed by atoms with van der Waals surface area (Å²) in [5.74, 6) is 0.748. The van der Waals surface area contributed by atoms with Crippen LogP contribution in [0.4, 0.5) is 0 Å². The molecule has 1 aromatic carbocycles. The molecule has 0 N–H and O–H groups in total. The lowest BCUT2D eigenvalue weighted by molar-refractivity contribution is -0.137. The smallest absolute Gasteiger partial charge is 0.347 e. The van der Waals surface area contributed by atoms with E-state index in [0.717, 1.165) is 35.1 Å². The molecule has 22 heavy (non-hydrogen) atoms. The Morgan fingerprint density at radius 2 is 2.09 bits per heavy atom. The van der Waals surface area contributed by atoms with E-state index in [1.54, 1.807) is 23.5 Å². The van der Waals surface area contributed by atoms with Crippen molar-refractivity contribution in [3.63, 3.8) is 0 Å². The summed E-state index contributed by atoms with van der Waals surface area (Å²) in [6.45, 7) is 3.24. The van der Waals surface area contributed by atoms with Gasteiger partial charge in [0.1, 0.15) is 9.93 Å². The monoisotopic (exact) mass is 333 g/mol. The Morgan fingerprint density at radius 3 is 2.86 bits per heavy atom. The SMILES string of the molecule is CCOC(=O)C1=C2SC(CCc3ccccc3)=CN2CCS1. The zero-order chi connectivity index (χ0) is 15.4. The van der Waals surface area contributed by atoms with E-state index in [1.165, 1.54) is 10.5 Å². The van der Waals surface area contributed by atoms with E-state index in [9.17, 15) is 4.79 Å². The lowest BCUT2D eigenvalue weighted by Crippen LogP contribution is -2.23. The molecule has 0 saturated carbocycles. The molecule has 0 saturated heterocycles. The number of hydrogen-bond donors (Lipinski definition) is 0. The molecule has 0 spiro atoms. The number of rotatable bonds is 5. The van der Waals surface area contributed by atoms with Crippen LogP contribution < -0.4 is 0 Å². The minimum atomic E-state index is -0.183. The van der Waals surface area contributed by atoms with Gasteiger partial charge in [0.25, 0.3) is 0 Å². The fraction of sp³-hybridized carbons (Fsp3) is 0.353. The Labute approximate surface area is 139 Å². The lowest BCUT2D eigenvalue weighted by Gasteiger charge is -2.24. The van der Waals surface area contributed by atoms with Crippen molar-refractivity contribution < 1.29 is 9.53 Å². The quantitative estimate of drug-likeness (QED) is 0.760. The molecule has 0 aliphatic carbocycles. The van der Waals surface area contributed by atoms with Crippen molar-refractivity contribution in [1.82, 2.24) is 4.90 Å². The normalized spacial score (nSPS) is 17.3. The van der Waals surface area contributed by atoms with Crippen molar-refractivity contribution in [3.05, 3.63) is 56.9 Å². The van der Waals surface area contributed by atoms with E-state index in [0.29, 0.717) is 6.61 Å². The first kappa shape index (κ1) is 15.6. The van der Waals surface area contributed by atoms with Crippen LogP contribution in [-0.2, 0) is 16.0 Å². The molecule has 0 radical (unpaired) electrons. The van der Waals surface area contributed by atoms with Gasteiger partial charge in [-0.05, 0) is 25.3 Å². The average molecular weight is 333 g/mol. The predicted octanol–water partition coefficient (Wildman–Crippen LogP) is 3.99. The number of esters is 1. The number of hydrogen-bond acceptors (Lipinski definition) is 5. The van der Waals surface area contributed by atoms with Gasteiger partial charge in [-0.15, -0.1) is 11.8 Å². The number of ether oxygens (including phenoxy) is 1. The Hall–Kier alpha value is -1.33. The molecule has 3 rings (SSSR count). The molecule has 2 aliphatic rings. The van der Waals surface area contributed by atoms with Crippen LogP contribution in [0.3, 0.4) is 0 Å². The molecule has 3 nitrogen and oxygen atoms in total. The lowest BCUT2D eigenvalue weighted by atomic mass is 10.1. The van der Waals surface area contributed by atoms with Crippen LogP contribution in [0.1, 0.15) is 18.9 Å². The first-order valence-electron chi connectivity index (χ1n) is 7.51. The maximum absolute atomic E-state index is 12.1. The maximum Gasteiger partial charge on any atom is 0.347 e. The molecule has 0 bridgehead atoms. The van der Waals surface area contributed by atoms with Crippen molar-refractivity contribution in [2.75, 3.05) is 18.9 Å². The number of aryl methyl sites for hydroxylation is 1. The van der Waals surface area contributed by atoms with Crippen LogP contribution in [0.15, 0.2) is 51.4 Å². The number of carbonyl (C=O) groups excluding carboxylic acids is 1. The Bertz CT molecular complexity index is 610. The van der Waals surface area contributed by atoms with Gasteiger partial charge < -0.3 is 9.64 Å². The van der Waals surface area contributed by atoms with Gasteiger partial charge in [0.05, 0.1) is 6.61 Å². The summed E-state index contributed by atoms with van der Waals surface area (Å²) in [6.07, 6.45) is 4.24. The summed E-state index contributed by atoms with van der Waals surface area (Å²) < 4.78 is 5.17. The number of benzene rings is 1.